The highest BCUT2D eigenvalue weighted by Gasteiger charge is 2.25. The van der Waals surface area contributed by atoms with E-state index in [2.05, 4.69) is 42.2 Å². The number of aromatic nitrogens is 1. The molecule has 0 aliphatic carbocycles. The van der Waals surface area contributed by atoms with Crippen LogP contribution in [0.2, 0.25) is 0 Å². The molecule has 1 aromatic rings. The first kappa shape index (κ1) is 15.0. The third-order valence-corrected chi connectivity index (χ3v) is 3.92. The van der Waals surface area contributed by atoms with Gasteiger partial charge in [-0.1, -0.05) is 6.92 Å². The largest absolute Gasteiger partial charge is 0.394 e. The highest BCUT2D eigenvalue weighted by Crippen LogP contribution is 2.20. The summed E-state index contributed by atoms with van der Waals surface area (Å²) in [5, 5.41) is 21.8. The molecule has 6 heteroatoms. The van der Waals surface area contributed by atoms with Crippen molar-refractivity contribution in [1.82, 2.24) is 10.3 Å². The molecular formula is C11H16Br2N2O2. The van der Waals surface area contributed by atoms with E-state index in [9.17, 15) is 10.2 Å². The molecule has 0 aromatic carbocycles. The van der Waals surface area contributed by atoms with Crippen molar-refractivity contribution >= 4 is 31.9 Å². The molecule has 0 saturated carbocycles. The van der Waals surface area contributed by atoms with Crippen LogP contribution < -0.4 is 5.32 Å². The molecule has 17 heavy (non-hydrogen) atoms. The van der Waals surface area contributed by atoms with Gasteiger partial charge in [0.15, 0.2) is 0 Å². The smallest absolute Gasteiger partial charge is 0.0684 e. The first-order valence-electron chi connectivity index (χ1n) is 5.33. The molecule has 0 radical (unpaired) electrons. The van der Waals surface area contributed by atoms with Gasteiger partial charge in [-0.2, -0.15) is 0 Å². The van der Waals surface area contributed by atoms with Crippen LogP contribution in [-0.4, -0.2) is 33.9 Å². The fraction of sp³-hybridized carbons (Fsp3) is 0.545. The fourth-order valence-corrected chi connectivity index (χ4v) is 2.48. The Morgan fingerprint density at radius 3 is 2.47 bits per heavy atom. The predicted molar refractivity (Wildman–Crippen MR) is 73.7 cm³/mol. The van der Waals surface area contributed by atoms with Crippen LogP contribution in [0.5, 0.6) is 0 Å². The Hall–Kier alpha value is -0.0100. The van der Waals surface area contributed by atoms with Gasteiger partial charge in [0, 0.05) is 21.7 Å². The summed E-state index contributed by atoms with van der Waals surface area (Å²) in [6.45, 7) is 2.20. The summed E-state index contributed by atoms with van der Waals surface area (Å²) in [5.74, 6) is 0. The van der Waals surface area contributed by atoms with Crippen molar-refractivity contribution in [3.63, 3.8) is 0 Å². The van der Waals surface area contributed by atoms with E-state index in [4.69, 9.17) is 0 Å². The lowest BCUT2D eigenvalue weighted by molar-refractivity contribution is 0.0861. The molecule has 0 saturated heterocycles. The van der Waals surface area contributed by atoms with Crippen molar-refractivity contribution < 1.29 is 10.2 Å². The second-order valence-electron chi connectivity index (χ2n) is 3.89. The van der Waals surface area contributed by atoms with Gasteiger partial charge < -0.3 is 15.5 Å². The Bertz CT molecular complexity index is 362. The number of aliphatic hydroxyl groups is 2. The van der Waals surface area contributed by atoms with Crippen molar-refractivity contribution in [2.75, 3.05) is 13.2 Å². The van der Waals surface area contributed by atoms with E-state index in [1.54, 1.807) is 6.20 Å². The molecule has 3 N–H and O–H groups in total. The molecule has 0 spiro atoms. The van der Waals surface area contributed by atoms with Crippen LogP contribution in [-0.2, 0) is 6.54 Å². The maximum Gasteiger partial charge on any atom is 0.0684 e. The van der Waals surface area contributed by atoms with Gasteiger partial charge in [-0.3, -0.25) is 4.98 Å². The SMILES string of the molecule is CCC(CO)(CO)NCc1ncc(Br)cc1Br. The van der Waals surface area contributed by atoms with Crippen LogP contribution in [0, 0.1) is 0 Å². The molecule has 0 bridgehead atoms. The second kappa shape index (κ2) is 6.80. The van der Waals surface area contributed by atoms with Gasteiger partial charge >= 0.3 is 0 Å². The van der Waals surface area contributed by atoms with Gasteiger partial charge in [-0.15, -0.1) is 0 Å². The molecule has 0 fully saturated rings. The quantitative estimate of drug-likeness (QED) is 0.717. The van der Waals surface area contributed by atoms with E-state index >= 15 is 0 Å². The Balaban J connectivity index is 2.72. The van der Waals surface area contributed by atoms with Crippen LogP contribution in [0.1, 0.15) is 19.0 Å². The number of aliphatic hydroxyl groups excluding tert-OH is 2. The number of nitrogens with zero attached hydrogens (tertiary/aromatic N) is 1. The summed E-state index contributed by atoms with van der Waals surface area (Å²) in [6.07, 6.45) is 2.36. The van der Waals surface area contributed by atoms with Gasteiger partial charge in [0.2, 0.25) is 0 Å². The minimum Gasteiger partial charge on any atom is -0.394 e. The van der Waals surface area contributed by atoms with Crippen molar-refractivity contribution in [2.45, 2.75) is 25.4 Å². The average molecular weight is 368 g/mol. The zero-order chi connectivity index (χ0) is 12.9. The fourth-order valence-electron chi connectivity index (χ4n) is 1.35. The molecule has 1 aromatic heterocycles. The standard InChI is InChI=1S/C11H16Br2N2O2/c1-2-11(6-16,7-17)15-5-10-9(13)3-8(12)4-14-10/h3-4,15-17H,2,5-7H2,1H3. The van der Waals surface area contributed by atoms with Gasteiger partial charge in [-0.25, -0.2) is 0 Å². The maximum atomic E-state index is 9.31. The van der Waals surface area contributed by atoms with Crippen molar-refractivity contribution in [2.24, 2.45) is 0 Å². The lowest BCUT2D eigenvalue weighted by atomic mass is 9.98. The number of nitrogens with one attached hydrogen (secondary N) is 1. The molecule has 0 aliphatic heterocycles. The molecule has 1 rings (SSSR count). The molecule has 0 atom stereocenters. The first-order valence-corrected chi connectivity index (χ1v) is 6.92. The number of pyridine rings is 1. The van der Waals surface area contributed by atoms with Crippen molar-refractivity contribution in [1.29, 1.82) is 0 Å². The van der Waals surface area contributed by atoms with Crippen LogP contribution >= 0.6 is 31.9 Å². The minimum absolute atomic E-state index is 0.103. The predicted octanol–water partition coefficient (Wildman–Crippen LogP) is 1.83. The number of hydrogen-bond donors (Lipinski definition) is 3. The number of rotatable bonds is 6. The molecule has 0 aliphatic rings. The lowest BCUT2D eigenvalue weighted by Gasteiger charge is -2.29. The highest BCUT2D eigenvalue weighted by atomic mass is 79.9. The summed E-state index contributed by atoms with van der Waals surface area (Å²) in [4.78, 5) is 4.26. The van der Waals surface area contributed by atoms with Crippen LogP contribution in [0.4, 0.5) is 0 Å². The summed E-state index contributed by atoms with van der Waals surface area (Å²) < 4.78 is 1.79. The zero-order valence-electron chi connectivity index (χ0n) is 9.58. The summed E-state index contributed by atoms with van der Waals surface area (Å²) in [5.41, 5.74) is 0.196. The maximum absolute atomic E-state index is 9.31. The number of hydrogen-bond acceptors (Lipinski definition) is 4. The monoisotopic (exact) mass is 366 g/mol. The van der Waals surface area contributed by atoms with E-state index in [1.807, 2.05) is 13.0 Å². The molecular weight excluding hydrogens is 352 g/mol. The van der Waals surface area contributed by atoms with Gasteiger partial charge in [0.25, 0.3) is 0 Å². The van der Waals surface area contributed by atoms with Crippen molar-refractivity contribution in [3.05, 3.63) is 26.9 Å². The van der Waals surface area contributed by atoms with Crippen LogP contribution in [0.15, 0.2) is 21.2 Å². The topological polar surface area (TPSA) is 65.4 Å². The highest BCUT2D eigenvalue weighted by molar-refractivity contribution is 9.11. The molecule has 96 valence electrons. The van der Waals surface area contributed by atoms with E-state index in [1.165, 1.54) is 0 Å². The Morgan fingerprint density at radius 1 is 1.35 bits per heavy atom. The van der Waals surface area contributed by atoms with Gasteiger partial charge in [-0.05, 0) is 44.3 Å². The van der Waals surface area contributed by atoms with Crippen LogP contribution in [0.3, 0.4) is 0 Å². The zero-order valence-corrected chi connectivity index (χ0v) is 12.8. The molecule has 0 unspecified atom stereocenters. The van der Waals surface area contributed by atoms with E-state index in [0.717, 1.165) is 14.6 Å². The minimum atomic E-state index is -0.645. The lowest BCUT2D eigenvalue weighted by Crippen LogP contribution is -2.50. The third kappa shape index (κ3) is 3.99. The summed E-state index contributed by atoms with van der Waals surface area (Å²) >= 11 is 6.76. The van der Waals surface area contributed by atoms with Gasteiger partial charge in [0.05, 0.1) is 24.4 Å². The Kier molecular flexibility index (Phi) is 6.02. The van der Waals surface area contributed by atoms with Crippen LogP contribution in [0.25, 0.3) is 0 Å². The molecule has 0 amide bonds. The normalized spacial score (nSPS) is 11.8. The van der Waals surface area contributed by atoms with E-state index in [0.29, 0.717) is 13.0 Å². The van der Waals surface area contributed by atoms with Gasteiger partial charge in [0.1, 0.15) is 0 Å². The van der Waals surface area contributed by atoms with Crippen molar-refractivity contribution in [3.8, 4) is 0 Å². The first-order chi connectivity index (χ1) is 8.06. The van der Waals surface area contributed by atoms with E-state index < -0.39 is 5.54 Å². The Morgan fingerprint density at radius 2 is 2.00 bits per heavy atom. The third-order valence-electron chi connectivity index (χ3n) is 2.80. The molecule has 4 nitrogen and oxygen atoms in total. The average Bonchev–Trinajstić information content (AvgIpc) is 2.33. The Labute approximate surface area is 118 Å². The molecule has 1 heterocycles. The summed E-state index contributed by atoms with van der Waals surface area (Å²) in [7, 11) is 0. The second-order valence-corrected chi connectivity index (χ2v) is 5.66. The number of halogens is 2. The summed E-state index contributed by atoms with van der Waals surface area (Å²) in [6, 6.07) is 1.91. The van der Waals surface area contributed by atoms with E-state index in [-0.39, 0.29) is 13.2 Å².